The Kier molecular flexibility index (Phi) is 8.01. The average molecular weight is 491 g/mol. The second kappa shape index (κ2) is 10.0. The number of benzene rings is 1. The van der Waals surface area contributed by atoms with E-state index in [1.54, 1.807) is 18.2 Å². The molecular formula is C23H33ClF2N2O3S. The largest absolute Gasteiger partial charge is 0.295 e. The molecule has 0 amide bonds. The summed E-state index contributed by atoms with van der Waals surface area (Å²) < 4.78 is 54.3. The van der Waals surface area contributed by atoms with Gasteiger partial charge in [0.15, 0.2) is 5.78 Å². The van der Waals surface area contributed by atoms with Gasteiger partial charge < -0.3 is 0 Å². The smallest absolute Gasteiger partial charge is 0.248 e. The van der Waals surface area contributed by atoms with Crippen LogP contribution in [0.25, 0.3) is 0 Å². The number of halogens is 3. The molecule has 2 aliphatic rings. The number of ketones is 1. The van der Waals surface area contributed by atoms with Gasteiger partial charge >= 0.3 is 0 Å². The van der Waals surface area contributed by atoms with Crippen LogP contribution in [0.5, 0.6) is 0 Å². The molecule has 9 heteroatoms. The molecule has 1 aliphatic carbocycles. The SMILES string of the molecule is CCCS(=O)(=O)N1CCN(C2(CCC(=O)c3ccc(Cl)cc3C)CCC(F)(F)CC2)CC1. The first-order chi connectivity index (χ1) is 15.0. The number of hydrogen-bond acceptors (Lipinski definition) is 4. The Morgan fingerprint density at radius 3 is 2.28 bits per heavy atom. The van der Waals surface area contributed by atoms with Crippen molar-refractivity contribution in [2.45, 2.75) is 70.3 Å². The van der Waals surface area contributed by atoms with Gasteiger partial charge in [0.25, 0.3) is 0 Å². The molecular weight excluding hydrogens is 458 g/mol. The maximum atomic E-state index is 14.0. The van der Waals surface area contributed by atoms with Crippen LogP contribution in [-0.2, 0) is 10.0 Å². The minimum absolute atomic E-state index is 0.0139. The van der Waals surface area contributed by atoms with Crippen molar-refractivity contribution in [3.63, 3.8) is 0 Å². The maximum absolute atomic E-state index is 14.0. The molecule has 5 nitrogen and oxygen atoms in total. The molecule has 1 aliphatic heterocycles. The van der Waals surface area contributed by atoms with Crippen LogP contribution in [0.2, 0.25) is 5.02 Å². The van der Waals surface area contributed by atoms with Crippen molar-refractivity contribution in [1.29, 1.82) is 0 Å². The molecule has 1 aromatic rings. The maximum Gasteiger partial charge on any atom is 0.248 e. The van der Waals surface area contributed by atoms with E-state index >= 15 is 0 Å². The van der Waals surface area contributed by atoms with Gasteiger partial charge in [-0.25, -0.2) is 17.2 Å². The van der Waals surface area contributed by atoms with Gasteiger partial charge in [0, 0.05) is 61.6 Å². The number of carbonyl (C=O) groups is 1. The molecule has 0 bridgehead atoms. The zero-order valence-corrected chi connectivity index (χ0v) is 20.5. The van der Waals surface area contributed by atoms with Gasteiger partial charge in [0.2, 0.25) is 15.9 Å². The van der Waals surface area contributed by atoms with E-state index in [1.165, 1.54) is 4.31 Å². The summed E-state index contributed by atoms with van der Waals surface area (Å²) in [6.07, 6.45) is 1.55. The highest BCUT2D eigenvalue weighted by Crippen LogP contribution is 2.44. The van der Waals surface area contributed by atoms with Crippen LogP contribution in [0.4, 0.5) is 8.78 Å². The molecule has 1 saturated heterocycles. The molecule has 1 aromatic carbocycles. The summed E-state index contributed by atoms with van der Waals surface area (Å²) in [4.78, 5) is 15.1. The quantitative estimate of drug-likeness (QED) is 0.485. The molecule has 0 radical (unpaired) electrons. The van der Waals surface area contributed by atoms with E-state index in [1.807, 2.05) is 13.8 Å². The van der Waals surface area contributed by atoms with Crippen LogP contribution < -0.4 is 0 Å². The van der Waals surface area contributed by atoms with Gasteiger partial charge in [-0.2, -0.15) is 4.31 Å². The van der Waals surface area contributed by atoms with Gasteiger partial charge in [-0.05, 0) is 56.4 Å². The zero-order chi connectivity index (χ0) is 23.6. The van der Waals surface area contributed by atoms with Crippen molar-refractivity contribution in [3.05, 3.63) is 34.3 Å². The lowest BCUT2D eigenvalue weighted by Crippen LogP contribution is -2.60. The Balaban J connectivity index is 1.72. The summed E-state index contributed by atoms with van der Waals surface area (Å²) >= 11 is 6.00. The van der Waals surface area contributed by atoms with Gasteiger partial charge in [-0.15, -0.1) is 0 Å². The van der Waals surface area contributed by atoms with E-state index in [2.05, 4.69) is 4.90 Å². The summed E-state index contributed by atoms with van der Waals surface area (Å²) in [6, 6.07) is 5.16. The molecule has 180 valence electrons. The fraction of sp³-hybridized carbons (Fsp3) is 0.696. The van der Waals surface area contributed by atoms with Crippen molar-refractivity contribution < 1.29 is 22.0 Å². The molecule has 0 aromatic heterocycles. The highest BCUT2D eigenvalue weighted by atomic mass is 35.5. The summed E-state index contributed by atoms with van der Waals surface area (Å²) in [5, 5.41) is 0.570. The van der Waals surface area contributed by atoms with E-state index in [4.69, 9.17) is 11.6 Å². The molecule has 0 atom stereocenters. The third-order valence-corrected chi connectivity index (χ3v) is 9.29. The summed E-state index contributed by atoms with van der Waals surface area (Å²) in [5.41, 5.74) is 0.917. The van der Waals surface area contributed by atoms with Crippen molar-refractivity contribution in [1.82, 2.24) is 9.21 Å². The van der Waals surface area contributed by atoms with E-state index in [9.17, 15) is 22.0 Å². The molecule has 1 saturated carbocycles. The Morgan fingerprint density at radius 1 is 1.09 bits per heavy atom. The number of rotatable bonds is 8. The number of aryl methyl sites for hydroxylation is 1. The summed E-state index contributed by atoms with van der Waals surface area (Å²) in [6.45, 7) is 5.41. The molecule has 3 rings (SSSR count). The molecule has 0 unspecified atom stereocenters. The zero-order valence-electron chi connectivity index (χ0n) is 18.9. The predicted molar refractivity (Wildman–Crippen MR) is 123 cm³/mol. The Hall–Kier alpha value is -1.09. The first-order valence-corrected chi connectivity index (χ1v) is 13.4. The summed E-state index contributed by atoms with van der Waals surface area (Å²) in [5.74, 6) is -2.56. The molecule has 32 heavy (non-hydrogen) atoms. The molecule has 1 heterocycles. The lowest BCUT2D eigenvalue weighted by Gasteiger charge is -2.51. The minimum Gasteiger partial charge on any atom is -0.295 e. The Morgan fingerprint density at radius 2 is 1.72 bits per heavy atom. The molecule has 0 spiro atoms. The number of nitrogens with zero attached hydrogens (tertiary/aromatic N) is 2. The minimum atomic E-state index is -3.27. The summed E-state index contributed by atoms with van der Waals surface area (Å²) in [7, 11) is -3.27. The van der Waals surface area contributed by atoms with E-state index < -0.39 is 21.5 Å². The van der Waals surface area contributed by atoms with Crippen LogP contribution >= 0.6 is 11.6 Å². The van der Waals surface area contributed by atoms with E-state index in [0.29, 0.717) is 62.4 Å². The molecule has 2 fully saturated rings. The van der Waals surface area contributed by atoms with Crippen LogP contribution in [0.1, 0.15) is 67.8 Å². The fourth-order valence-electron chi connectivity index (χ4n) is 5.05. The highest BCUT2D eigenvalue weighted by Gasteiger charge is 2.47. The van der Waals surface area contributed by atoms with E-state index in [0.717, 1.165) is 5.56 Å². The second-order valence-corrected chi connectivity index (χ2v) is 11.7. The Bertz CT molecular complexity index is 921. The van der Waals surface area contributed by atoms with Gasteiger partial charge in [0.1, 0.15) is 0 Å². The lowest BCUT2D eigenvalue weighted by atomic mass is 9.74. The number of carbonyl (C=O) groups excluding carboxylic acids is 1. The third kappa shape index (κ3) is 5.88. The van der Waals surface area contributed by atoms with Crippen LogP contribution in [0, 0.1) is 6.92 Å². The van der Waals surface area contributed by atoms with Crippen molar-refractivity contribution in [2.24, 2.45) is 0 Å². The van der Waals surface area contributed by atoms with Gasteiger partial charge in [-0.3, -0.25) is 9.69 Å². The van der Waals surface area contributed by atoms with Gasteiger partial charge in [0.05, 0.1) is 5.75 Å². The number of hydrogen-bond donors (Lipinski definition) is 0. The van der Waals surface area contributed by atoms with Crippen LogP contribution in [0.3, 0.4) is 0 Å². The number of Topliss-reactive ketones (excluding diaryl/α,β-unsaturated/α-hetero) is 1. The fourth-order valence-corrected chi connectivity index (χ4v) is 6.77. The normalized spacial score (nSPS) is 22.0. The monoisotopic (exact) mass is 490 g/mol. The Labute approximate surface area is 195 Å². The van der Waals surface area contributed by atoms with Crippen molar-refractivity contribution in [3.8, 4) is 0 Å². The van der Waals surface area contributed by atoms with Crippen LogP contribution in [-0.4, -0.2) is 66.8 Å². The van der Waals surface area contributed by atoms with Crippen molar-refractivity contribution in [2.75, 3.05) is 31.9 Å². The van der Waals surface area contributed by atoms with Crippen molar-refractivity contribution >= 4 is 27.4 Å². The van der Waals surface area contributed by atoms with Crippen LogP contribution in [0.15, 0.2) is 18.2 Å². The first kappa shape index (κ1) is 25.5. The second-order valence-electron chi connectivity index (χ2n) is 9.16. The number of sulfonamides is 1. The molecule has 0 N–H and O–H groups in total. The topological polar surface area (TPSA) is 57.7 Å². The third-order valence-electron chi connectivity index (χ3n) is 6.98. The van der Waals surface area contributed by atoms with Gasteiger partial charge in [-0.1, -0.05) is 18.5 Å². The first-order valence-electron chi connectivity index (χ1n) is 11.4. The average Bonchev–Trinajstić information content (AvgIpc) is 2.73. The standard InChI is InChI=1S/C23H33ClF2N2O3S/c1-3-16-32(30,31)28-14-12-27(13-15-28)22(8-10-23(25,26)11-9-22)7-6-21(29)20-5-4-19(24)17-18(20)2/h4-5,17H,3,6-16H2,1-2H3. The predicted octanol–water partition coefficient (Wildman–Crippen LogP) is 4.92. The number of piperazine rings is 1. The number of alkyl halides is 2. The lowest BCUT2D eigenvalue weighted by molar-refractivity contribution is -0.0891. The van der Waals surface area contributed by atoms with E-state index in [-0.39, 0.29) is 30.8 Å². The highest BCUT2D eigenvalue weighted by molar-refractivity contribution is 7.89.